The molecule has 1 aromatic rings. The SMILES string of the molecule is CCOC(=O)C1=C(CN2CCCCC2)NC(CN2CCCCC2)=C(C(=O)OC)[C@H]1c1cccc([N+](=O)[O-])c1. The highest BCUT2D eigenvalue weighted by Crippen LogP contribution is 2.41. The van der Waals surface area contributed by atoms with Gasteiger partial charge in [0, 0.05) is 36.6 Å². The average Bonchev–Trinajstić information content (AvgIpc) is 2.93. The molecule has 0 unspecified atom stereocenters. The van der Waals surface area contributed by atoms with Gasteiger partial charge in [-0.3, -0.25) is 19.9 Å². The summed E-state index contributed by atoms with van der Waals surface area (Å²) in [6.45, 7) is 6.55. The number of methoxy groups -OCH3 is 1. The van der Waals surface area contributed by atoms with E-state index < -0.39 is 22.8 Å². The maximum atomic E-state index is 13.5. The van der Waals surface area contributed by atoms with E-state index in [0.717, 1.165) is 51.9 Å². The lowest BCUT2D eigenvalue weighted by Gasteiger charge is -2.37. The minimum atomic E-state index is -0.859. The number of ether oxygens (including phenoxy) is 2. The van der Waals surface area contributed by atoms with Gasteiger partial charge in [-0.1, -0.05) is 25.0 Å². The van der Waals surface area contributed by atoms with E-state index in [-0.39, 0.29) is 12.3 Å². The molecule has 0 aliphatic carbocycles. The molecule has 3 heterocycles. The van der Waals surface area contributed by atoms with Gasteiger partial charge in [0.25, 0.3) is 5.69 Å². The highest BCUT2D eigenvalue weighted by atomic mass is 16.6. The molecule has 0 aromatic heterocycles. The number of non-ortho nitro benzene ring substituents is 1. The Hall–Kier alpha value is -3.24. The molecule has 38 heavy (non-hydrogen) atoms. The molecular formula is C28H38N4O6. The third-order valence-corrected chi connectivity index (χ3v) is 7.51. The molecule has 1 N–H and O–H groups in total. The zero-order valence-electron chi connectivity index (χ0n) is 22.4. The Balaban J connectivity index is 1.88. The molecule has 0 bridgehead atoms. The Labute approximate surface area is 223 Å². The van der Waals surface area contributed by atoms with E-state index in [2.05, 4.69) is 15.1 Å². The molecule has 2 saturated heterocycles. The Morgan fingerprint density at radius 3 is 2.00 bits per heavy atom. The lowest BCUT2D eigenvalue weighted by atomic mass is 9.79. The normalized spacial score (nSPS) is 21.2. The number of benzene rings is 1. The van der Waals surface area contributed by atoms with Crippen LogP contribution in [0.4, 0.5) is 5.69 Å². The second kappa shape index (κ2) is 13.0. The van der Waals surface area contributed by atoms with Crippen molar-refractivity contribution >= 4 is 17.6 Å². The number of hydrogen-bond acceptors (Lipinski definition) is 9. The molecule has 3 aliphatic heterocycles. The van der Waals surface area contributed by atoms with E-state index in [0.29, 0.717) is 41.2 Å². The molecule has 1 aromatic carbocycles. The van der Waals surface area contributed by atoms with Crippen molar-refractivity contribution in [2.45, 2.75) is 51.4 Å². The number of carbonyl (C=O) groups is 2. The molecule has 3 aliphatic rings. The summed E-state index contributed by atoms with van der Waals surface area (Å²) in [5, 5.41) is 15.1. The fourth-order valence-electron chi connectivity index (χ4n) is 5.69. The number of rotatable bonds is 9. The van der Waals surface area contributed by atoms with Gasteiger partial charge in [-0.15, -0.1) is 0 Å². The fraction of sp³-hybridized carbons (Fsp3) is 0.571. The van der Waals surface area contributed by atoms with Gasteiger partial charge in [-0.2, -0.15) is 0 Å². The molecule has 2 fully saturated rings. The van der Waals surface area contributed by atoms with E-state index in [9.17, 15) is 19.7 Å². The Morgan fingerprint density at radius 1 is 0.947 bits per heavy atom. The van der Waals surface area contributed by atoms with Crippen LogP contribution < -0.4 is 5.32 Å². The lowest BCUT2D eigenvalue weighted by Crippen LogP contribution is -2.43. The van der Waals surface area contributed by atoms with E-state index in [4.69, 9.17) is 9.47 Å². The number of carbonyl (C=O) groups excluding carboxylic acids is 2. The first-order chi connectivity index (χ1) is 18.4. The Bertz CT molecular complexity index is 1100. The van der Waals surface area contributed by atoms with Crippen molar-refractivity contribution in [2.24, 2.45) is 0 Å². The summed E-state index contributed by atoms with van der Waals surface area (Å²) in [5.74, 6) is -1.97. The highest BCUT2D eigenvalue weighted by Gasteiger charge is 2.41. The molecular weight excluding hydrogens is 488 g/mol. The van der Waals surface area contributed by atoms with Gasteiger partial charge >= 0.3 is 11.9 Å². The Kier molecular flexibility index (Phi) is 9.52. The van der Waals surface area contributed by atoms with Crippen molar-refractivity contribution in [3.8, 4) is 0 Å². The quantitative estimate of drug-likeness (QED) is 0.293. The van der Waals surface area contributed by atoms with Crippen molar-refractivity contribution in [3.05, 3.63) is 62.5 Å². The van der Waals surface area contributed by atoms with Gasteiger partial charge in [-0.05, 0) is 64.3 Å². The number of nitrogens with one attached hydrogen (secondary N) is 1. The van der Waals surface area contributed by atoms with E-state index in [1.165, 1.54) is 32.1 Å². The van der Waals surface area contributed by atoms with E-state index in [1.807, 2.05) is 0 Å². The molecule has 10 heteroatoms. The predicted molar refractivity (Wildman–Crippen MR) is 142 cm³/mol. The zero-order valence-corrected chi connectivity index (χ0v) is 22.4. The first kappa shape index (κ1) is 27.8. The highest BCUT2D eigenvalue weighted by molar-refractivity contribution is 6.00. The van der Waals surface area contributed by atoms with Crippen LogP contribution in [0.15, 0.2) is 46.8 Å². The van der Waals surface area contributed by atoms with Crippen LogP contribution in [0.2, 0.25) is 0 Å². The molecule has 0 radical (unpaired) electrons. The van der Waals surface area contributed by atoms with Crippen LogP contribution in [0.1, 0.15) is 56.9 Å². The maximum absolute atomic E-state index is 13.5. The van der Waals surface area contributed by atoms with Crippen molar-refractivity contribution < 1.29 is 24.0 Å². The van der Waals surface area contributed by atoms with Crippen LogP contribution in [0.25, 0.3) is 0 Å². The number of nitrogens with zero attached hydrogens (tertiary/aromatic N) is 3. The smallest absolute Gasteiger partial charge is 0.336 e. The molecule has 1 atom stereocenters. The van der Waals surface area contributed by atoms with Gasteiger partial charge in [0.1, 0.15) is 0 Å². The largest absolute Gasteiger partial charge is 0.466 e. The van der Waals surface area contributed by atoms with Crippen LogP contribution in [0.3, 0.4) is 0 Å². The van der Waals surface area contributed by atoms with Crippen LogP contribution in [0, 0.1) is 10.1 Å². The lowest BCUT2D eigenvalue weighted by molar-refractivity contribution is -0.384. The molecule has 0 spiro atoms. The third kappa shape index (κ3) is 6.42. The number of likely N-dealkylation sites (tertiary alicyclic amines) is 2. The number of hydrogen-bond donors (Lipinski definition) is 1. The monoisotopic (exact) mass is 526 g/mol. The summed E-state index contributed by atoms with van der Waals surface area (Å²) < 4.78 is 10.7. The first-order valence-electron chi connectivity index (χ1n) is 13.6. The predicted octanol–water partition coefficient (Wildman–Crippen LogP) is 3.50. The van der Waals surface area contributed by atoms with Crippen LogP contribution in [-0.4, -0.2) is 79.6 Å². The van der Waals surface area contributed by atoms with E-state index in [1.54, 1.807) is 19.1 Å². The topological polar surface area (TPSA) is 114 Å². The summed E-state index contributed by atoms with van der Waals surface area (Å²) in [6.07, 6.45) is 6.69. The summed E-state index contributed by atoms with van der Waals surface area (Å²) in [7, 11) is 1.31. The zero-order chi connectivity index (χ0) is 27.1. The van der Waals surface area contributed by atoms with Crippen molar-refractivity contribution in [2.75, 3.05) is 53.0 Å². The standard InChI is InChI=1S/C28H38N4O6/c1-3-38-28(34)26-23(19-31-15-8-5-9-16-31)29-22(18-30-13-6-4-7-14-30)25(27(33)37-2)24(26)20-11-10-12-21(17-20)32(35)36/h10-12,17,24,29H,3-9,13-16,18-19H2,1-2H3/t24-/m1/s1. The second-order valence-electron chi connectivity index (χ2n) is 10.1. The van der Waals surface area contributed by atoms with Gasteiger partial charge in [0.15, 0.2) is 0 Å². The van der Waals surface area contributed by atoms with Crippen LogP contribution >= 0.6 is 0 Å². The van der Waals surface area contributed by atoms with Gasteiger partial charge in [-0.25, -0.2) is 9.59 Å². The van der Waals surface area contributed by atoms with Gasteiger partial charge < -0.3 is 14.8 Å². The van der Waals surface area contributed by atoms with Crippen LogP contribution in [0.5, 0.6) is 0 Å². The molecule has 0 saturated carbocycles. The van der Waals surface area contributed by atoms with Crippen molar-refractivity contribution in [3.63, 3.8) is 0 Å². The van der Waals surface area contributed by atoms with Gasteiger partial charge in [0.05, 0.1) is 35.7 Å². The summed E-state index contributed by atoms with van der Waals surface area (Å²) in [5.41, 5.74) is 2.33. The summed E-state index contributed by atoms with van der Waals surface area (Å²) in [4.78, 5) is 42.7. The number of piperidine rings is 2. The Morgan fingerprint density at radius 2 is 1.50 bits per heavy atom. The molecule has 10 nitrogen and oxygen atoms in total. The number of dihydropyridines is 1. The summed E-state index contributed by atoms with van der Waals surface area (Å²) >= 11 is 0. The maximum Gasteiger partial charge on any atom is 0.336 e. The first-order valence-corrected chi connectivity index (χ1v) is 13.6. The number of esters is 2. The number of nitro benzene ring substituents is 1. The van der Waals surface area contributed by atoms with Crippen molar-refractivity contribution in [1.82, 2.24) is 15.1 Å². The minimum absolute atomic E-state index is 0.108. The second-order valence-corrected chi connectivity index (χ2v) is 10.1. The molecule has 4 rings (SSSR count). The van der Waals surface area contributed by atoms with Gasteiger partial charge in [0.2, 0.25) is 0 Å². The number of nitro groups is 1. The third-order valence-electron chi connectivity index (χ3n) is 7.51. The molecule has 0 amide bonds. The average molecular weight is 527 g/mol. The van der Waals surface area contributed by atoms with Crippen LogP contribution in [-0.2, 0) is 19.1 Å². The van der Waals surface area contributed by atoms with E-state index >= 15 is 0 Å². The minimum Gasteiger partial charge on any atom is -0.466 e. The summed E-state index contributed by atoms with van der Waals surface area (Å²) in [6, 6.07) is 6.16. The molecule has 206 valence electrons. The fourth-order valence-corrected chi connectivity index (χ4v) is 5.69. The van der Waals surface area contributed by atoms with Crippen molar-refractivity contribution in [1.29, 1.82) is 0 Å².